The lowest BCUT2D eigenvalue weighted by Crippen LogP contribution is -2.44. The predicted octanol–water partition coefficient (Wildman–Crippen LogP) is 5.21. The Morgan fingerprint density at radius 2 is 1.40 bits per heavy atom. The van der Waals surface area contributed by atoms with Crippen molar-refractivity contribution in [2.45, 2.75) is 12.8 Å². The van der Waals surface area contributed by atoms with Crippen molar-refractivity contribution in [1.82, 2.24) is 0 Å². The monoisotopic (exact) mass is 463 g/mol. The summed E-state index contributed by atoms with van der Waals surface area (Å²) in [7, 11) is 0. The summed E-state index contributed by atoms with van der Waals surface area (Å²) in [5, 5.41) is 0. The molecule has 0 amide bonds. The first-order valence-corrected chi connectivity index (χ1v) is 11.2. The minimum atomic E-state index is -0.497. The molecule has 4 N–H and O–H groups in total. The van der Waals surface area contributed by atoms with Crippen LogP contribution in [-0.4, -0.2) is 11.9 Å². The Hall–Kier alpha value is -4.78. The summed E-state index contributed by atoms with van der Waals surface area (Å²) in [6.45, 7) is 0.491. The summed E-state index contributed by atoms with van der Waals surface area (Å²) in [5.74, 6) is 2.58. The van der Waals surface area contributed by atoms with Crippen LogP contribution in [0.5, 0.6) is 17.2 Å². The number of hydrogen-bond acceptors (Lipinski definition) is 7. The predicted molar refractivity (Wildman–Crippen MR) is 139 cm³/mol. The highest BCUT2D eigenvalue weighted by Gasteiger charge is 2.28. The van der Waals surface area contributed by atoms with Crippen LogP contribution in [0.1, 0.15) is 17.3 Å². The highest BCUT2D eigenvalue weighted by Crippen LogP contribution is 2.33. The van der Waals surface area contributed by atoms with Crippen LogP contribution in [0.4, 0.5) is 5.69 Å². The van der Waals surface area contributed by atoms with Crippen molar-refractivity contribution in [1.29, 1.82) is 0 Å². The third kappa shape index (κ3) is 5.25. The van der Waals surface area contributed by atoms with Gasteiger partial charge in [0.15, 0.2) is 6.17 Å². The molecule has 0 bridgehead atoms. The van der Waals surface area contributed by atoms with Gasteiger partial charge >= 0.3 is 0 Å². The number of aliphatic imine (C=N–C) groups is 2. The number of rotatable bonds is 7. The maximum absolute atomic E-state index is 6.32. The van der Waals surface area contributed by atoms with Crippen molar-refractivity contribution >= 4 is 17.6 Å². The van der Waals surface area contributed by atoms with Gasteiger partial charge in [-0.2, -0.15) is 4.99 Å². The van der Waals surface area contributed by atoms with E-state index >= 15 is 0 Å². The summed E-state index contributed by atoms with van der Waals surface area (Å²) in [4.78, 5) is 10.6. The fraction of sp³-hybridized carbons (Fsp3) is 0.0714. The van der Waals surface area contributed by atoms with Gasteiger partial charge in [-0.05, 0) is 54.1 Å². The number of nitrogens with two attached hydrogens (primary N) is 2. The second-order valence-corrected chi connectivity index (χ2v) is 7.96. The largest absolute Gasteiger partial charge is 0.489 e. The van der Waals surface area contributed by atoms with Gasteiger partial charge in [0, 0.05) is 11.3 Å². The van der Waals surface area contributed by atoms with Crippen molar-refractivity contribution in [3.8, 4) is 17.2 Å². The Morgan fingerprint density at radius 1 is 0.714 bits per heavy atom. The lowest BCUT2D eigenvalue weighted by molar-refractivity contribution is 0.306. The van der Waals surface area contributed by atoms with Gasteiger partial charge in [-0.1, -0.05) is 60.7 Å². The summed E-state index contributed by atoms with van der Waals surface area (Å²) >= 11 is 0. The number of guanidine groups is 2. The van der Waals surface area contributed by atoms with E-state index in [-0.39, 0.29) is 11.9 Å². The molecule has 5 rings (SSSR count). The first-order valence-electron chi connectivity index (χ1n) is 11.2. The molecule has 0 saturated carbocycles. The molecule has 4 aromatic rings. The van der Waals surface area contributed by atoms with Crippen molar-refractivity contribution in [2.75, 3.05) is 4.90 Å². The molecule has 7 heteroatoms. The molecule has 1 unspecified atom stereocenters. The third-order valence-corrected chi connectivity index (χ3v) is 5.47. The quantitative estimate of drug-likeness (QED) is 0.392. The normalized spacial score (nSPS) is 15.2. The van der Waals surface area contributed by atoms with E-state index in [0.717, 1.165) is 28.3 Å². The van der Waals surface area contributed by atoms with Crippen LogP contribution in [-0.2, 0) is 6.61 Å². The Balaban J connectivity index is 1.38. The Labute approximate surface area is 204 Å². The number of benzene rings is 4. The number of hydrogen-bond donors (Lipinski definition) is 2. The summed E-state index contributed by atoms with van der Waals surface area (Å²) in [5.41, 5.74) is 15.1. The van der Waals surface area contributed by atoms with Crippen molar-refractivity contribution in [3.63, 3.8) is 0 Å². The van der Waals surface area contributed by atoms with Gasteiger partial charge in [-0.25, -0.2) is 4.99 Å². The lowest BCUT2D eigenvalue weighted by atomic mass is 10.1. The molecule has 174 valence electrons. The third-order valence-electron chi connectivity index (χ3n) is 5.47. The second kappa shape index (κ2) is 10.0. The fourth-order valence-corrected chi connectivity index (χ4v) is 3.81. The molecule has 0 spiro atoms. The number of ether oxygens (including phenoxy) is 2. The van der Waals surface area contributed by atoms with Gasteiger partial charge in [0.05, 0.1) is 0 Å². The molecule has 1 atom stereocenters. The Bertz CT molecular complexity index is 1340. The molecule has 1 heterocycles. The minimum Gasteiger partial charge on any atom is -0.489 e. The summed E-state index contributed by atoms with van der Waals surface area (Å²) < 4.78 is 11.9. The molecule has 1 aliphatic rings. The Kier molecular flexibility index (Phi) is 6.30. The molecule has 0 radical (unpaired) electrons. The topological polar surface area (TPSA) is 98.5 Å². The zero-order valence-corrected chi connectivity index (χ0v) is 19.0. The van der Waals surface area contributed by atoms with Gasteiger partial charge in [-0.15, -0.1) is 0 Å². The number of nitrogens with zero attached hydrogens (tertiary/aromatic N) is 3. The van der Waals surface area contributed by atoms with Crippen LogP contribution >= 0.6 is 0 Å². The first kappa shape index (κ1) is 22.0. The zero-order valence-electron chi connectivity index (χ0n) is 19.0. The van der Waals surface area contributed by atoms with E-state index in [1.807, 2.05) is 114 Å². The van der Waals surface area contributed by atoms with E-state index in [2.05, 4.69) is 9.98 Å². The van der Waals surface area contributed by atoms with Crippen molar-refractivity contribution in [3.05, 3.63) is 120 Å². The maximum Gasteiger partial charge on any atom is 0.221 e. The van der Waals surface area contributed by atoms with Crippen LogP contribution < -0.4 is 25.8 Å². The SMILES string of the molecule is NC1=NC(c2cccc(Oc3ccccc3)c2)N(c2ccc(OCc3ccccc3)cc2)C(N)=N1. The number of anilines is 1. The van der Waals surface area contributed by atoms with Crippen LogP contribution in [0.25, 0.3) is 0 Å². The lowest BCUT2D eigenvalue weighted by Gasteiger charge is -2.33. The van der Waals surface area contributed by atoms with Gasteiger partial charge in [0.1, 0.15) is 23.9 Å². The minimum absolute atomic E-state index is 0.126. The van der Waals surface area contributed by atoms with Crippen LogP contribution in [0, 0.1) is 0 Å². The van der Waals surface area contributed by atoms with Gasteiger partial charge in [-0.3, -0.25) is 4.90 Å². The average Bonchev–Trinajstić information content (AvgIpc) is 2.89. The van der Waals surface area contributed by atoms with Gasteiger partial charge in [0.25, 0.3) is 0 Å². The molecule has 0 aliphatic carbocycles. The summed E-state index contributed by atoms with van der Waals surface area (Å²) in [6, 6.07) is 35.0. The van der Waals surface area contributed by atoms with E-state index in [0.29, 0.717) is 12.4 Å². The van der Waals surface area contributed by atoms with Gasteiger partial charge in [0.2, 0.25) is 11.9 Å². The van der Waals surface area contributed by atoms with Crippen LogP contribution in [0.3, 0.4) is 0 Å². The Morgan fingerprint density at radius 3 is 2.14 bits per heavy atom. The van der Waals surface area contributed by atoms with E-state index in [4.69, 9.17) is 20.9 Å². The second-order valence-electron chi connectivity index (χ2n) is 7.96. The van der Waals surface area contributed by atoms with E-state index in [1.54, 1.807) is 0 Å². The van der Waals surface area contributed by atoms with Crippen LogP contribution in [0.2, 0.25) is 0 Å². The van der Waals surface area contributed by atoms with E-state index < -0.39 is 6.17 Å². The molecular weight excluding hydrogens is 438 g/mol. The van der Waals surface area contributed by atoms with E-state index in [9.17, 15) is 0 Å². The highest BCUT2D eigenvalue weighted by atomic mass is 16.5. The standard InChI is InChI=1S/C28H25N5O2/c29-27-31-26(21-10-7-13-25(18-21)35-24-11-5-2-6-12-24)33(28(30)32-27)22-14-16-23(17-15-22)34-19-20-8-3-1-4-9-20/h1-18,26H,19H2,(H4,29,30,31,32). The first-order chi connectivity index (χ1) is 17.2. The molecule has 0 saturated heterocycles. The average molecular weight is 464 g/mol. The van der Waals surface area contributed by atoms with Crippen LogP contribution in [0.15, 0.2) is 119 Å². The fourth-order valence-electron chi connectivity index (χ4n) is 3.81. The molecule has 7 nitrogen and oxygen atoms in total. The van der Waals surface area contributed by atoms with E-state index in [1.165, 1.54) is 0 Å². The summed E-state index contributed by atoms with van der Waals surface area (Å²) in [6.07, 6.45) is -0.497. The molecule has 0 fully saturated rings. The number of para-hydroxylation sites is 1. The molecule has 1 aliphatic heterocycles. The van der Waals surface area contributed by atoms with Crippen molar-refractivity contribution in [2.24, 2.45) is 21.5 Å². The molecule has 0 aromatic heterocycles. The smallest absolute Gasteiger partial charge is 0.221 e. The molecule has 4 aromatic carbocycles. The zero-order chi connectivity index (χ0) is 24.0. The molecular formula is C28H25N5O2. The highest BCUT2D eigenvalue weighted by molar-refractivity contribution is 6.04. The van der Waals surface area contributed by atoms with Gasteiger partial charge < -0.3 is 20.9 Å². The van der Waals surface area contributed by atoms with Crippen molar-refractivity contribution < 1.29 is 9.47 Å². The maximum atomic E-state index is 6.32. The molecule has 35 heavy (non-hydrogen) atoms.